The second-order valence-corrected chi connectivity index (χ2v) is 4.80. The van der Waals surface area contributed by atoms with E-state index in [2.05, 4.69) is 42.0 Å². The van der Waals surface area contributed by atoms with Crippen molar-refractivity contribution in [2.24, 2.45) is 5.73 Å². The van der Waals surface area contributed by atoms with E-state index < -0.39 is 0 Å². The summed E-state index contributed by atoms with van der Waals surface area (Å²) in [6.45, 7) is 5.54. The van der Waals surface area contributed by atoms with Crippen molar-refractivity contribution in [2.45, 2.75) is 13.8 Å². The highest BCUT2D eigenvalue weighted by atomic mass is 15.2. The smallest absolute Gasteiger partial charge is 0.225 e. The second-order valence-electron chi connectivity index (χ2n) is 4.80. The van der Waals surface area contributed by atoms with E-state index in [1.165, 1.54) is 16.7 Å². The van der Waals surface area contributed by atoms with E-state index in [4.69, 9.17) is 5.73 Å². The number of aromatic nitrogens is 2. The summed E-state index contributed by atoms with van der Waals surface area (Å²) in [5.74, 6) is 0.708. The summed E-state index contributed by atoms with van der Waals surface area (Å²) in [5, 5.41) is 0. The van der Waals surface area contributed by atoms with Gasteiger partial charge in [-0.1, -0.05) is 23.8 Å². The van der Waals surface area contributed by atoms with Gasteiger partial charge in [0.05, 0.1) is 0 Å². The van der Waals surface area contributed by atoms with Gasteiger partial charge in [0.15, 0.2) is 0 Å². The summed E-state index contributed by atoms with van der Waals surface area (Å²) in [4.78, 5) is 10.8. The Bertz CT molecular complexity index is 549. The maximum atomic E-state index is 5.53. The normalized spacial score (nSPS) is 10.5. The summed E-state index contributed by atoms with van der Waals surface area (Å²) in [6, 6.07) is 6.40. The van der Waals surface area contributed by atoms with Gasteiger partial charge in [0.1, 0.15) is 0 Å². The number of nitrogens with two attached hydrogens (primary N) is 1. The third-order valence-electron chi connectivity index (χ3n) is 3.15. The van der Waals surface area contributed by atoms with Gasteiger partial charge in [-0.2, -0.15) is 0 Å². The van der Waals surface area contributed by atoms with Crippen LogP contribution in [0.1, 0.15) is 11.1 Å². The summed E-state index contributed by atoms with van der Waals surface area (Å²) in [7, 11) is 1.94. The van der Waals surface area contributed by atoms with Crippen LogP contribution in [0.25, 0.3) is 11.1 Å². The SMILES string of the molecule is Cc1ccc(C)c(-c2cnc(N(C)CCN)nc2)c1. The molecule has 0 amide bonds. The van der Waals surface area contributed by atoms with Gasteiger partial charge in [-0.3, -0.25) is 0 Å². The van der Waals surface area contributed by atoms with Crippen molar-refractivity contribution in [2.75, 3.05) is 25.0 Å². The predicted molar refractivity (Wildman–Crippen MR) is 79.3 cm³/mol. The van der Waals surface area contributed by atoms with Crippen molar-refractivity contribution in [1.29, 1.82) is 0 Å². The number of likely N-dealkylation sites (N-methyl/N-ethyl adjacent to an activating group) is 1. The Balaban J connectivity index is 2.29. The molecule has 0 spiro atoms. The molecule has 0 saturated carbocycles. The Morgan fingerprint density at radius 3 is 2.47 bits per heavy atom. The lowest BCUT2D eigenvalue weighted by atomic mass is 10.0. The molecule has 0 fully saturated rings. The third-order valence-corrected chi connectivity index (χ3v) is 3.15. The van der Waals surface area contributed by atoms with Crippen LogP contribution < -0.4 is 10.6 Å². The van der Waals surface area contributed by atoms with Gasteiger partial charge >= 0.3 is 0 Å². The van der Waals surface area contributed by atoms with Crippen LogP contribution >= 0.6 is 0 Å². The first-order chi connectivity index (χ1) is 9.11. The highest BCUT2D eigenvalue weighted by Gasteiger charge is 2.06. The molecule has 0 aliphatic carbocycles. The minimum atomic E-state index is 0.596. The predicted octanol–water partition coefficient (Wildman–Crippen LogP) is 2.16. The summed E-state index contributed by atoms with van der Waals surface area (Å²) in [6.07, 6.45) is 3.74. The molecular weight excluding hydrogens is 236 g/mol. The van der Waals surface area contributed by atoms with Gasteiger partial charge in [0, 0.05) is 38.1 Å². The van der Waals surface area contributed by atoms with Crippen LogP contribution in [0, 0.1) is 13.8 Å². The number of benzene rings is 1. The summed E-state index contributed by atoms with van der Waals surface area (Å²) in [5.41, 5.74) is 10.2. The van der Waals surface area contributed by atoms with Gasteiger partial charge in [-0.25, -0.2) is 9.97 Å². The molecule has 0 aliphatic rings. The van der Waals surface area contributed by atoms with Crippen LogP contribution in [0.3, 0.4) is 0 Å². The lowest BCUT2D eigenvalue weighted by Gasteiger charge is -2.15. The lowest BCUT2D eigenvalue weighted by Crippen LogP contribution is -2.26. The fourth-order valence-corrected chi connectivity index (χ4v) is 2.00. The Labute approximate surface area is 114 Å². The van der Waals surface area contributed by atoms with Gasteiger partial charge in [0.2, 0.25) is 5.95 Å². The van der Waals surface area contributed by atoms with E-state index in [0.717, 1.165) is 12.1 Å². The summed E-state index contributed by atoms with van der Waals surface area (Å²) < 4.78 is 0. The van der Waals surface area contributed by atoms with Crippen LogP contribution in [-0.4, -0.2) is 30.1 Å². The molecule has 0 saturated heterocycles. The van der Waals surface area contributed by atoms with Crippen molar-refractivity contribution < 1.29 is 0 Å². The maximum Gasteiger partial charge on any atom is 0.225 e. The quantitative estimate of drug-likeness (QED) is 0.910. The van der Waals surface area contributed by atoms with Crippen molar-refractivity contribution in [3.8, 4) is 11.1 Å². The van der Waals surface area contributed by atoms with E-state index in [1.54, 1.807) is 0 Å². The Morgan fingerprint density at radius 2 is 1.84 bits per heavy atom. The van der Waals surface area contributed by atoms with Crippen molar-refractivity contribution >= 4 is 5.95 Å². The standard InChI is InChI=1S/C15H20N4/c1-11-4-5-12(2)14(8-11)13-9-17-15(18-10-13)19(3)7-6-16/h4-5,8-10H,6-7,16H2,1-3H3. The third kappa shape index (κ3) is 3.09. The number of hydrogen-bond donors (Lipinski definition) is 1. The van der Waals surface area contributed by atoms with E-state index in [9.17, 15) is 0 Å². The van der Waals surface area contributed by atoms with E-state index in [-0.39, 0.29) is 0 Å². The topological polar surface area (TPSA) is 55.0 Å². The van der Waals surface area contributed by atoms with Crippen LogP contribution in [0.15, 0.2) is 30.6 Å². The molecule has 100 valence electrons. The van der Waals surface area contributed by atoms with Gasteiger partial charge in [0.25, 0.3) is 0 Å². The first-order valence-electron chi connectivity index (χ1n) is 6.42. The molecule has 0 atom stereocenters. The molecule has 2 aromatic rings. The van der Waals surface area contributed by atoms with Crippen molar-refractivity contribution in [3.05, 3.63) is 41.7 Å². The molecule has 1 aromatic heterocycles. The molecular formula is C15H20N4. The zero-order valence-corrected chi connectivity index (χ0v) is 11.7. The van der Waals surface area contributed by atoms with Gasteiger partial charge < -0.3 is 10.6 Å². The molecule has 2 rings (SSSR count). The minimum absolute atomic E-state index is 0.596. The van der Waals surface area contributed by atoms with Crippen LogP contribution in [-0.2, 0) is 0 Å². The highest BCUT2D eigenvalue weighted by Crippen LogP contribution is 2.23. The van der Waals surface area contributed by atoms with Crippen molar-refractivity contribution in [1.82, 2.24) is 9.97 Å². The number of anilines is 1. The zero-order chi connectivity index (χ0) is 13.8. The molecule has 0 unspecified atom stereocenters. The van der Waals surface area contributed by atoms with Crippen LogP contribution in [0.5, 0.6) is 0 Å². The van der Waals surface area contributed by atoms with Crippen LogP contribution in [0.2, 0.25) is 0 Å². The monoisotopic (exact) mass is 256 g/mol. The van der Waals surface area contributed by atoms with Gasteiger partial charge in [-0.05, 0) is 25.0 Å². The number of aryl methyl sites for hydroxylation is 2. The summed E-state index contributed by atoms with van der Waals surface area (Å²) >= 11 is 0. The number of hydrogen-bond acceptors (Lipinski definition) is 4. The van der Waals surface area contributed by atoms with E-state index in [0.29, 0.717) is 12.5 Å². The molecule has 4 heteroatoms. The second kappa shape index (κ2) is 5.80. The van der Waals surface area contributed by atoms with Crippen molar-refractivity contribution in [3.63, 3.8) is 0 Å². The van der Waals surface area contributed by atoms with Gasteiger partial charge in [-0.15, -0.1) is 0 Å². The molecule has 2 N–H and O–H groups in total. The van der Waals surface area contributed by atoms with Crippen LogP contribution in [0.4, 0.5) is 5.95 Å². The maximum absolute atomic E-state index is 5.53. The Morgan fingerprint density at radius 1 is 1.16 bits per heavy atom. The fraction of sp³-hybridized carbons (Fsp3) is 0.333. The number of nitrogens with zero attached hydrogens (tertiary/aromatic N) is 3. The largest absolute Gasteiger partial charge is 0.343 e. The fourth-order valence-electron chi connectivity index (χ4n) is 2.00. The highest BCUT2D eigenvalue weighted by molar-refractivity contribution is 5.66. The average molecular weight is 256 g/mol. The molecule has 19 heavy (non-hydrogen) atoms. The lowest BCUT2D eigenvalue weighted by molar-refractivity contribution is 0.846. The Kier molecular flexibility index (Phi) is 4.12. The minimum Gasteiger partial charge on any atom is -0.343 e. The average Bonchev–Trinajstić information content (AvgIpc) is 2.42. The molecule has 0 aliphatic heterocycles. The first kappa shape index (κ1) is 13.5. The Hall–Kier alpha value is -1.94. The molecule has 0 bridgehead atoms. The number of rotatable bonds is 4. The van der Waals surface area contributed by atoms with E-state index in [1.807, 2.05) is 24.3 Å². The zero-order valence-electron chi connectivity index (χ0n) is 11.7. The molecule has 1 heterocycles. The van der Waals surface area contributed by atoms with E-state index >= 15 is 0 Å². The first-order valence-corrected chi connectivity index (χ1v) is 6.42. The molecule has 0 radical (unpaired) electrons. The molecule has 1 aromatic carbocycles. The molecule has 4 nitrogen and oxygen atoms in total.